The van der Waals surface area contributed by atoms with E-state index in [0.717, 1.165) is 52.6 Å². The minimum Gasteiger partial charge on any atom is -0.362 e. The summed E-state index contributed by atoms with van der Waals surface area (Å²) in [6, 6.07) is 15.7. The van der Waals surface area contributed by atoms with Gasteiger partial charge in [0.25, 0.3) is 0 Å². The minimum absolute atomic E-state index is 0.125. The highest BCUT2D eigenvalue weighted by atomic mass is 79.9. The zero-order valence-corrected chi connectivity index (χ0v) is 20.6. The molecule has 1 aliphatic carbocycles. The van der Waals surface area contributed by atoms with Gasteiger partial charge in [-0.3, -0.25) is 0 Å². The lowest BCUT2D eigenvalue weighted by molar-refractivity contribution is 0.241. The molecule has 32 heavy (non-hydrogen) atoms. The smallest absolute Gasteiger partial charge is 0.332 e. The van der Waals surface area contributed by atoms with E-state index < -0.39 is 0 Å². The van der Waals surface area contributed by atoms with Gasteiger partial charge in [0.15, 0.2) is 0 Å². The Morgan fingerprint density at radius 2 is 1.66 bits per heavy atom. The van der Waals surface area contributed by atoms with Gasteiger partial charge in [-0.05, 0) is 62.1 Å². The summed E-state index contributed by atoms with van der Waals surface area (Å²) < 4.78 is 2.31. The van der Waals surface area contributed by atoms with Crippen LogP contribution < -0.4 is 19.8 Å². The molecule has 0 atom stereocenters. The van der Waals surface area contributed by atoms with Crippen LogP contribution in [-0.2, 0) is 0 Å². The third-order valence-electron chi connectivity index (χ3n) is 5.66. The number of nitrogens with zero attached hydrogens (tertiary/aromatic N) is 4. The third-order valence-corrected chi connectivity index (χ3v) is 6.60. The Morgan fingerprint density at radius 3 is 2.34 bits per heavy atom. The lowest BCUT2D eigenvalue weighted by Gasteiger charge is -2.31. The average molecular weight is 515 g/mol. The molecule has 0 saturated heterocycles. The number of hydrogen-bond donors (Lipinski definition) is 3. The molecule has 1 aliphatic rings. The maximum Gasteiger partial charge on any atom is 0.332 e. The highest BCUT2D eigenvalue weighted by molar-refractivity contribution is 9.10. The monoisotopic (exact) mass is 514 g/mol. The molecule has 2 N–H and O–H groups in total. The summed E-state index contributed by atoms with van der Waals surface area (Å²) in [7, 11) is 3.98. The van der Waals surface area contributed by atoms with E-state index in [4.69, 9.17) is 9.97 Å². The molecule has 9 heteroatoms. The molecule has 1 fully saturated rings. The number of anilines is 3. The van der Waals surface area contributed by atoms with Crippen molar-refractivity contribution in [1.29, 1.82) is 0 Å². The van der Waals surface area contributed by atoms with Crippen LogP contribution in [0.25, 0.3) is 10.9 Å². The molecule has 2 aromatic carbocycles. The molecule has 0 bridgehead atoms. The van der Waals surface area contributed by atoms with Gasteiger partial charge in [-0.15, -0.1) is 0 Å². The number of urea groups is 1. The standard InChI is InChI=1S/C23H27BrN6OS/c1-29(2)21-19-5-3-4-6-20(19)27-22(28-21)25-16-9-11-17(12-10-16)26-23(31)30(32)18-13-7-15(24)8-14-18/h3-8,13-14,16-17,32H,9-12H2,1-2H3,(H,26,31)(H,25,27,28). The lowest BCUT2D eigenvalue weighted by atomic mass is 9.91. The highest BCUT2D eigenvalue weighted by Gasteiger charge is 2.25. The maximum atomic E-state index is 12.6. The van der Waals surface area contributed by atoms with E-state index in [1.165, 1.54) is 4.31 Å². The van der Waals surface area contributed by atoms with Crippen LogP contribution in [-0.4, -0.2) is 42.2 Å². The van der Waals surface area contributed by atoms with E-state index in [9.17, 15) is 4.79 Å². The predicted molar refractivity (Wildman–Crippen MR) is 138 cm³/mol. The van der Waals surface area contributed by atoms with E-state index in [1.807, 2.05) is 67.5 Å². The van der Waals surface area contributed by atoms with Crippen LogP contribution in [0.15, 0.2) is 53.0 Å². The summed E-state index contributed by atoms with van der Waals surface area (Å²) in [5, 5.41) is 7.64. The van der Waals surface area contributed by atoms with E-state index in [0.29, 0.717) is 5.95 Å². The molecule has 2 amide bonds. The Morgan fingerprint density at radius 1 is 1.00 bits per heavy atom. The first-order chi connectivity index (χ1) is 15.4. The molecule has 1 aromatic heterocycles. The Kier molecular flexibility index (Phi) is 7.05. The van der Waals surface area contributed by atoms with Crippen LogP contribution in [0.2, 0.25) is 0 Å². The zero-order valence-electron chi connectivity index (χ0n) is 18.1. The first kappa shape index (κ1) is 22.7. The van der Waals surface area contributed by atoms with Gasteiger partial charge in [-0.2, -0.15) is 4.98 Å². The van der Waals surface area contributed by atoms with Crippen molar-refractivity contribution in [2.75, 3.05) is 28.6 Å². The summed E-state index contributed by atoms with van der Waals surface area (Å²) in [4.78, 5) is 24.0. The number of benzene rings is 2. The van der Waals surface area contributed by atoms with Gasteiger partial charge in [0.2, 0.25) is 5.95 Å². The first-order valence-corrected chi connectivity index (χ1v) is 11.9. The minimum atomic E-state index is -0.208. The van der Waals surface area contributed by atoms with Gasteiger partial charge in [0.05, 0.1) is 11.2 Å². The van der Waals surface area contributed by atoms with Crippen LogP contribution >= 0.6 is 28.7 Å². The number of rotatable bonds is 5. The molecule has 4 rings (SSSR count). The molecule has 7 nitrogen and oxygen atoms in total. The fourth-order valence-corrected chi connectivity index (χ4v) is 4.42. The van der Waals surface area contributed by atoms with Crippen LogP contribution in [0.4, 0.5) is 22.2 Å². The normalized spacial score (nSPS) is 18.2. The Hall–Kier alpha value is -2.52. The average Bonchev–Trinajstić information content (AvgIpc) is 2.79. The van der Waals surface area contributed by atoms with E-state index in [-0.39, 0.29) is 18.1 Å². The summed E-state index contributed by atoms with van der Waals surface area (Å²) in [5.74, 6) is 1.55. The van der Waals surface area contributed by atoms with Crippen molar-refractivity contribution in [2.24, 2.45) is 0 Å². The largest absolute Gasteiger partial charge is 0.362 e. The van der Waals surface area contributed by atoms with E-state index >= 15 is 0 Å². The molecule has 1 heterocycles. The topological polar surface area (TPSA) is 73.4 Å². The fourth-order valence-electron chi connectivity index (χ4n) is 3.97. The number of carbonyl (C=O) groups excluding carboxylic acids is 1. The Balaban J connectivity index is 1.34. The van der Waals surface area contributed by atoms with E-state index in [1.54, 1.807) is 0 Å². The first-order valence-electron chi connectivity index (χ1n) is 10.7. The summed E-state index contributed by atoms with van der Waals surface area (Å²) in [6.07, 6.45) is 3.64. The lowest BCUT2D eigenvalue weighted by Crippen LogP contribution is -2.44. The van der Waals surface area contributed by atoms with Crippen molar-refractivity contribution < 1.29 is 4.79 Å². The third kappa shape index (κ3) is 5.27. The molecule has 1 saturated carbocycles. The summed E-state index contributed by atoms with van der Waals surface area (Å²) in [6.45, 7) is 0. The van der Waals surface area contributed by atoms with Crippen molar-refractivity contribution in [3.05, 3.63) is 53.0 Å². The number of amides is 2. The maximum absolute atomic E-state index is 12.6. The Bertz CT molecular complexity index is 1090. The molecular weight excluding hydrogens is 488 g/mol. The highest BCUT2D eigenvalue weighted by Crippen LogP contribution is 2.27. The summed E-state index contributed by atoms with van der Waals surface area (Å²) in [5.41, 5.74) is 1.66. The molecular formula is C23H27BrN6OS. The second-order valence-corrected chi connectivity index (χ2v) is 9.53. The van der Waals surface area contributed by atoms with E-state index in [2.05, 4.69) is 39.4 Å². The number of para-hydroxylation sites is 1. The van der Waals surface area contributed by atoms with Crippen LogP contribution in [0.5, 0.6) is 0 Å². The molecule has 168 valence electrons. The number of halogens is 1. The second kappa shape index (κ2) is 9.95. The van der Waals surface area contributed by atoms with Crippen LogP contribution in [0.3, 0.4) is 0 Å². The second-order valence-electron chi connectivity index (χ2n) is 8.21. The van der Waals surface area contributed by atoms with Gasteiger partial charge in [-0.25, -0.2) is 14.1 Å². The van der Waals surface area contributed by atoms with Crippen molar-refractivity contribution in [1.82, 2.24) is 15.3 Å². The number of nitrogens with one attached hydrogen (secondary N) is 2. The SMILES string of the molecule is CN(C)c1nc(NC2CCC(NC(=O)N(S)c3ccc(Br)cc3)CC2)nc2ccccc12. The van der Waals surface area contributed by atoms with Crippen molar-refractivity contribution in [3.63, 3.8) is 0 Å². The van der Waals surface area contributed by atoms with Crippen molar-refractivity contribution >= 4 is 63.1 Å². The zero-order chi connectivity index (χ0) is 22.7. The van der Waals surface area contributed by atoms with Gasteiger partial charge < -0.3 is 15.5 Å². The molecule has 0 radical (unpaired) electrons. The van der Waals surface area contributed by atoms with Crippen molar-refractivity contribution in [3.8, 4) is 0 Å². The molecule has 3 aromatic rings. The van der Waals surface area contributed by atoms with Crippen LogP contribution in [0, 0.1) is 0 Å². The number of thiol groups is 1. The fraction of sp³-hybridized carbons (Fsp3) is 0.348. The van der Waals surface area contributed by atoms with Gasteiger partial charge in [0.1, 0.15) is 5.82 Å². The van der Waals surface area contributed by atoms with Crippen LogP contribution in [0.1, 0.15) is 25.7 Å². The van der Waals surface area contributed by atoms with Crippen molar-refractivity contribution in [2.45, 2.75) is 37.8 Å². The molecule has 0 spiro atoms. The number of carbonyl (C=O) groups is 1. The molecule has 0 aliphatic heterocycles. The van der Waals surface area contributed by atoms with Gasteiger partial charge in [-0.1, -0.05) is 40.9 Å². The number of fused-ring (bicyclic) bond motifs is 1. The van der Waals surface area contributed by atoms with Gasteiger partial charge in [0, 0.05) is 36.0 Å². The Labute approximate surface area is 202 Å². The predicted octanol–water partition coefficient (Wildman–Crippen LogP) is 5.24. The number of aromatic nitrogens is 2. The number of hydrogen-bond acceptors (Lipinski definition) is 6. The molecule has 0 unspecified atom stereocenters. The quantitative estimate of drug-likeness (QED) is 0.406. The summed E-state index contributed by atoms with van der Waals surface area (Å²) >= 11 is 7.76. The van der Waals surface area contributed by atoms with Gasteiger partial charge >= 0.3 is 6.03 Å².